The highest BCUT2D eigenvalue weighted by Gasteiger charge is 2.39. The normalized spacial score (nSPS) is 24.9. The number of carbonyl (C=O) groups excluding carboxylic acids is 1. The Morgan fingerprint density at radius 1 is 1.04 bits per heavy atom. The Morgan fingerprint density at radius 3 is 2.28 bits per heavy atom. The molecule has 2 saturated heterocycles. The van der Waals surface area contributed by atoms with Crippen LogP contribution in [-0.4, -0.2) is 59.5 Å². The molecule has 1 amide bonds. The summed E-state index contributed by atoms with van der Waals surface area (Å²) in [6.07, 6.45) is 4.42. The number of benzene rings is 1. The first-order valence-electron chi connectivity index (χ1n) is 9.03. The Hall–Kier alpha value is -1.95. The van der Waals surface area contributed by atoms with Crippen molar-refractivity contribution in [2.24, 2.45) is 5.92 Å². The van der Waals surface area contributed by atoms with Gasteiger partial charge in [0.05, 0.1) is 12.5 Å². The number of nitrogens with zero attached hydrogens (tertiary/aromatic N) is 2. The predicted molar refractivity (Wildman–Crippen MR) is 91.8 cm³/mol. The van der Waals surface area contributed by atoms with E-state index in [1.165, 1.54) is 25.0 Å². The van der Waals surface area contributed by atoms with E-state index in [1.54, 1.807) is 12.1 Å². The number of carboxylic acid groups (broad SMARTS) is 1. The molecule has 3 rings (SSSR count). The van der Waals surface area contributed by atoms with Crippen molar-refractivity contribution in [2.45, 2.75) is 31.6 Å². The summed E-state index contributed by atoms with van der Waals surface area (Å²) in [6.45, 7) is 2.74. The zero-order chi connectivity index (χ0) is 17.8. The van der Waals surface area contributed by atoms with Crippen LogP contribution in [-0.2, 0) is 9.59 Å². The fourth-order valence-electron chi connectivity index (χ4n) is 3.92. The average Bonchev–Trinajstić information content (AvgIpc) is 2.82. The third kappa shape index (κ3) is 4.37. The molecule has 2 aliphatic heterocycles. The van der Waals surface area contributed by atoms with E-state index in [9.17, 15) is 19.1 Å². The van der Waals surface area contributed by atoms with Crippen molar-refractivity contribution in [3.05, 3.63) is 35.6 Å². The van der Waals surface area contributed by atoms with Crippen molar-refractivity contribution in [2.75, 3.05) is 32.7 Å². The molecule has 25 heavy (non-hydrogen) atoms. The fourth-order valence-corrected chi connectivity index (χ4v) is 3.92. The molecule has 0 aliphatic carbocycles. The Balaban J connectivity index is 1.66. The standard InChI is InChI=1S/C19H25FN2O3/c20-15-7-5-14(6-8-15)16-11-21(12-17(16)19(24)25)13-18(23)22-9-3-1-2-4-10-22/h5-8,16-17H,1-4,9-13H2,(H,24,25)/t16-,17+/m0/s1. The molecule has 2 atom stereocenters. The molecule has 2 fully saturated rings. The summed E-state index contributed by atoms with van der Waals surface area (Å²) in [5.74, 6) is -1.89. The van der Waals surface area contributed by atoms with E-state index in [2.05, 4.69) is 0 Å². The van der Waals surface area contributed by atoms with Crippen molar-refractivity contribution in [3.63, 3.8) is 0 Å². The predicted octanol–water partition coefficient (Wildman–Crippen LogP) is 2.33. The van der Waals surface area contributed by atoms with Gasteiger partial charge in [-0.3, -0.25) is 14.5 Å². The van der Waals surface area contributed by atoms with Gasteiger partial charge in [0.2, 0.25) is 5.91 Å². The summed E-state index contributed by atoms with van der Waals surface area (Å²) < 4.78 is 13.1. The largest absolute Gasteiger partial charge is 0.481 e. The first-order valence-corrected chi connectivity index (χ1v) is 9.03. The maximum absolute atomic E-state index is 13.1. The van der Waals surface area contributed by atoms with Crippen LogP contribution < -0.4 is 0 Å². The summed E-state index contributed by atoms with van der Waals surface area (Å²) in [6, 6.07) is 6.02. The molecule has 0 saturated carbocycles. The van der Waals surface area contributed by atoms with E-state index >= 15 is 0 Å². The van der Waals surface area contributed by atoms with E-state index in [1.807, 2.05) is 9.80 Å². The molecular formula is C19H25FN2O3. The number of hydrogen-bond acceptors (Lipinski definition) is 3. The Labute approximate surface area is 147 Å². The highest BCUT2D eigenvalue weighted by molar-refractivity contribution is 5.79. The minimum Gasteiger partial charge on any atom is -0.481 e. The minimum absolute atomic E-state index is 0.0887. The number of aliphatic carboxylic acids is 1. The van der Waals surface area contributed by atoms with Crippen LogP contribution in [0.15, 0.2) is 24.3 Å². The lowest BCUT2D eigenvalue weighted by Gasteiger charge is -2.24. The molecular weight excluding hydrogens is 323 g/mol. The molecule has 0 spiro atoms. The molecule has 5 nitrogen and oxygen atoms in total. The van der Waals surface area contributed by atoms with Gasteiger partial charge in [0.25, 0.3) is 0 Å². The lowest BCUT2D eigenvalue weighted by molar-refractivity contribution is -0.142. The van der Waals surface area contributed by atoms with Gasteiger partial charge in [-0.15, -0.1) is 0 Å². The second-order valence-electron chi connectivity index (χ2n) is 7.09. The van der Waals surface area contributed by atoms with E-state index in [0.717, 1.165) is 31.5 Å². The monoisotopic (exact) mass is 348 g/mol. The molecule has 1 aromatic rings. The van der Waals surface area contributed by atoms with Gasteiger partial charge in [0.1, 0.15) is 5.82 Å². The molecule has 1 aromatic carbocycles. The van der Waals surface area contributed by atoms with Gasteiger partial charge in [-0.2, -0.15) is 0 Å². The van der Waals surface area contributed by atoms with Crippen LogP contribution in [0.3, 0.4) is 0 Å². The van der Waals surface area contributed by atoms with Gasteiger partial charge in [-0.1, -0.05) is 25.0 Å². The zero-order valence-corrected chi connectivity index (χ0v) is 14.4. The van der Waals surface area contributed by atoms with Crippen LogP contribution >= 0.6 is 0 Å². The first kappa shape index (κ1) is 17.9. The summed E-state index contributed by atoms with van der Waals surface area (Å²) >= 11 is 0. The van der Waals surface area contributed by atoms with Crippen molar-refractivity contribution in [3.8, 4) is 0 Å². The van der Waals surface area contributed by atoms with Crippen LogP contribution in [0.5, 0.6) is 0 Å². The van der Waals surface area contributed by atoms with Crippen molar-refractivity contribution >= 4 is 11.9 Å². The number of hydrogen-bond donors (Lipinski definition) is 1. The number of rotatable bonds is 4. The molecule has 2 heterocycles. The van der Waals surface area contributed by atoms with E-state index < -0.39 is 11.9 Å². The lowest BCUT2D eigenvalue weighted by Crippen LogP contribution is -2.40. The summed E-state index contributed by atoms with van der Waals surface area (Å²) in [5.41, 5.74) is 0.818. The molecule has 1 N–H and O–H groups in total. The zero-order valence-electron chi connectivity index (χ0n) is 14.4. The number of likely N-dealkylation sites (tertiary alicyclic amines) is 2. The van der Waals surface area contributed by atoms with Crippen LogP contribution in [0.25, 0.3) is 0 Å². The molecule has 0 aromatic heterocycles. The molecule has 2 aliphatic rings. The molecule has 6 heteroatoms. The number of halogens is 1. The number of carbonyl (C=O) groups is 2. The molecule has 0 bridgehead atoms. The van der Waals surface area contributed by atoms with Gasteiger partial charge in [-0.25, -0.2) is 4.39 Å². The quantitative estimate of drug-likeness (QED) is 0.907. The van der Waals surface area contributed by atoms with Crippen LogP contribution in [0.1, 0.15) is 37.2 Å². The summed E-state index contributed by atoms with van der Waals surface area (Å²) in [4.78, 5) is 28.0. The Morgan fingerprint density at radius 2 is 1.68 bits per heavy atom. The van der Waals surface area contributed by atoms with Gasteiger partial charge >= 0.3 is 5.97 Å². The van der Waals surface area contributed by atoms with Gasteiger partial charge in [-0.05, 0) is 30.5 Å². The molecule has 0 unspecified atom stereocenters. The van der Waals surface area contributed by atoms with Crippen molar-refractivity contribution in [1.82, 2.24) is 9.80 Å². The Bertz CT molecular complexity index is 612. The van der Waals surface area contributed by atoms with Crippen LogP contribution in [0.2, 0.25) is 0 Å². The summed E-state index contributed by atoms with van der Waals surface area (Å²) in [5, 5.41) is 9.54. The highest BCUT2D eigenvalue weighted by Crippen LogP contribution is 2.33. The minimum atomic E-state index is -0.862. The smallest absolute Gasteiger partial charge is 0.308 e. The van der Waals surface area contributed by atoms with Gasteiger partial charge in [0.15, 0.2) is 0 Å². The topological polar surface area (TPSA) is 60.9 Å². The third-order valence-corrected chi connectivity index (χ3v) is 5.33. The third-order valence-electron chi connectivity index (χ3n) is 5.33. The maximum Gasteiger partial charge on any atom is 0.308 e. The number of amides is 1. The SMILES string of the molecule is O=C(O)[C@@H]1CN(CC(=O)N2CCCCCC2)C[C@H]1c1ccc(F)cc1. The number of carboxylic acids is 1. The average molecular weight is 348 g/mol. The van der Waals surface area contributed by atoms with Crippen LogP contribution in [0.4, 0.5) is 4.39 Å². The maximum atomic E-state index is 13.1. The van der Waals surface area contributed by atoms with Crippen molar-refractivity contribution in [1.29, 1.82) is 0 Å². The highest BCUT2D eigenvalue weighted by atomic mass is 19.1. The fraction of sp³-hybridized carbons (Fsp3) is 0.579. The van der Waals surface area contributed by atoms with Gasteiger partial charge in [0, 0.05) is 32.1 Å². The van der Waals surface area contributed by atoms with E-state index in [0.29, 0.717) is 13.1 Å². The van der Waals surface area contributed by atoms with Crippen LogP contribution in [0, 0.1) is 11.7 Å². The molecule has 136 valence electrons. The van der Waals surface area contributed by atoms with E-state index in [-0.39, 0.29) is 24.2 Å². The molecule has 0 radical (unpaired) electrons. The lowest BCUT2D eigenvalue weighted by atomic mass is 9.89. The second-order valence-corrected chi connectivity index (χ2v) is 7.09. The summed E-state index contributed by atoms with van der Waals surface area (Å²) in [7, 11) is 0. The first-order chi connectivity index (χ1) is 12.0. The van der Waals surface area contributed by atoms with E-state index in [4.69, 9.17) is 0 Å². The second kappa shape index (κ2) is 7.95. The van der Waals surface area contributed by atoms with Crippen molar-refractivity contribution < 1.29 is 19.1 Å². The Kier molecular flexibility index (Phi) is 5.68. The van der Waals surface area contributed by atoms with Gasteiger partial charge < -0.3 is 10.0 Å².